The standard InChI is InChI=1S/C29H30F2N6O4/c1-15-7-22(8-16(2)40-15)41-28-20(9-21(30)11-24(28)31)13-33-29(39)23-10-19(12-32-17(23)3)25-5-6-27-35-26(34-18(4)38)14-37(27)36-25/h5-6,9-12,14-16,22H,7-8,13H2,1-4H3,(H,33,39)(H,34,38). The van der Waals surface area contributed by atoms with E-state index in [1.54, 1.807) is 37.5 Å². The molecule has 0 bridgehead atoms. The Morgan fingerprint density at radius 3 is 2.63 bits per heavy atom. The number of carbonyl (C=O) groups excluding carboxylic acids is 2. The van der Waals surface area contributed by atoms with Crippen LogP contribution in [0, 0.1) is 18.6 Å². The number of hydrogen-bond donors (Lipinski definition) is 2. The molecule has 5 rings (SSSR count). The lowest BCUT2D eigenvalue weighted by molar-refractivity contribution is -0.114. The van der Waals surface area contributed by atoms with Gasteiger partial charge in [0.25, 0.3) is 5.91 Å². The summed E-state index contributed by atoms with van der Waals surface area (Å²) in [5.74, 6) is -2.05. The number of fused-ring (bicyclic) bond motifs is 1. The number of halogens is 2. The van der Waals surface area contributed by atoms with Crippen molar-refractivity contribution in [3.05, 3.63) is 71.2 Å². The smallest absolute Gasteiger partial charge is 0.253 e. The molecule has 0 spiro atoms. The quantitative estimate of drug-likeness (QED) is 0.337. The lowest BCUT2D eigenvalue weighted by Crippen LogP contribution is -2.36. The maximum absolute atomic E-state index is 14.8. The fraction of sp³-hybridized carbons (Fsp3) is 0.345. The minimum Gasteiger partial charge on any atom is -0.487 e. The fourth-order valence-electron chi connectivity index (χ4n) is 4.93. The van der Waals surface area contributed by atoms with E-state index in [2.05, 4.69) is 25.7 Å². The summed E-state index contributed by atoms with van der Waals surface area (Å²) in [6.07, 6.45) is 3.89. The van der Waals surface area contributed by atoms with Gasteiger partial charge in [-0.25, -0.2) is 18.3 Å². The second-order valence-corrected chi connectivity index (χ2v) is 10.2. The fourth-order valence-corrected chi connectivity index (χ4v) is 4.93. The molecule has 214 valence electrons. The summed E-state index contributed by atoms with van der Waals surface area (Å²) in [6, 6.07) is 7.03. The number of anilines is 1. The van der Waals surface area contributed by atoms with Crippen molar-refractivity contribution in [3.8, 4) is 17.0 Å². The second kappa shape index (κ2) is 11.6. The first-order valence-electron chi connectivity index (χ1n) is 13.2. The van der Waals surface area contributed by atoms with Crippen LogP contribution in [0.3, 0.4) is 0 Å². The molecule has 0 radical (unpaired) electrons. The molecular formula is C29H30F2N6O4. The Balaban J connectivity index is 1.35. The van der Waals surface area contributed by atoms with Gasteiger partial charge in [0, 0.05) is 49.7 Å². The van der Waals surface area contributed by atoms with Crippen LogP contribution in [-0.4, -0.2) is 49.7 Å². The highest BCUT2D eigenvalue weighted by molar-refractivity contribution is 5.96. The summed E-state index contributed by atoms with van der Waals surface area (Å²) < 4.78 is 42.2. The van der Waals surface area contributed by atoms with Crippen molar-refractivity contribution in [2.45, 2.75) is 65.4 Å². The van der Waals surface area contributed by atoms with Crippen LogP contribution in [0.2, 0.25) is 0 Å². The van der Waals surface area contributed by atoms with Gasteiger partial charge in [-0.15, -0.1) is 0 Å². The minimum atomic E-state index is -0.830. The van der Waals surface area contributed by atoms with E-state index in [0.29, 0.717) is 41.3 Å². The maximum atomic E-state index is 14.8. The molecule has 0 aliphatic carbocycles. The van der Waals surface area contributed by atoms with Crippen molar-refractivity contribution >= 4 is 23.3 Å². The Bertz CT molecular complexity index is 1610. The summed E-state index contributed by atoms with van der Waals surface area (Å²) in [4.78, 5) is 33.2. The van der Waals surface area contributed by atoms with Gasteiger partial charge < -0.3 is 20.1 Å². The number of rotatable bonds is 7. The highest BCUT2D eigenvalue weighted by atomic mass is 19.1. The third kappa shape index (κ3) is 6.49. The number of benzene rings is 1. The Hall–Kier alpha value is -4.45. The first-order valence-corrected chi connectivity index (χ1v) is 13.2. The van der Waals surface area contributed by atoms with Gasteiger partial charge >= 0.3 is 0 Å². The molecular weight excluding hydrogens is 534 g/mol. The first-order chi connectivity index (χ1) is 19.5. The highest BCUT2D eigenvalue weighted by Crippen LogP contribution is 2.30. The summed E-state index contributed by atoms with van der Waals surface area (Å²) in [5, 5.41) is 9.87. The number of nitrogens with zero attached hydrogens (tertiary/aromatic N) is 4. The van der Waals surface area contributed by atoms with E-state index < -0.39 is 17.5 Å². The third-order valence-corrected chi connectivity index (χ3v) is 6.71. The van der Waals surface area contributed by atoms with Gasteiger partial charge in [0.2, 0.25) is 5.91 Å². The Morgan fingerprint density at radius 1 is 1.15 bits per heavy atom. The Labute approximate surface area is 235 Å². The van der Waals surface area contributed by atoms with E-state index in [1.165, 1.54) is 11.4 Å². The molecule has 2 atom stereocenters. The summed E-state index contributed by atoms with van der Waals surface area (Å²) in [5.41, 5.74) is 2.55. The van der Waals surface area contributed by atoms with E-state index in [1.807, 2.05) is 13.8 Å². The van der Waals surface area contributed by atoms with Gasteiger partial charge in [0.1, 0.15) is 11.9 Å². The van der Waals surface area contributed by atoms with Gasteiger partial charge in [0.15, 0.2) is 23.0 Å². The molecule has 1 saturated heterocycles. The SMILES string of the molecule is CC(=O)Nc1cn2nc(-c3cnc(C)c(C(=O)NCc4cc(F)cc(F)c4OC4CC(C)OC(C)C4)c3)ccc2n1. The van der Waals surface area contributed by atoms with Crippen molar-refractivity contribution in [2.24, 2.45) is 0 Å². The normalized spacial score (nSPS) is 18.7. The average molecular weight is 565 g/mol. The number of aromatic nitrogens is 4. The Kier molecular flexibility index (Phi) is 7.93. The van der Waals surface area contributed by atoms with Crippen LogP contribution in [0.4, 0.5) is 14.6 Å². The van der Waals surface area contributed by atoms with E-state index in [4.69, 9.17) is 9.47 Å². The predicted octanol–water partition coefficient (Wildman–Crippen LogP) is 4.60. The summed E-state index contributed by atoms with van der Waals surface area (Å²) in [6.45, 7) is 6.76. The summed E-state index contributed by atoms with van der Waals surface area (Å²) in [7, 11) is 0. The van der Waals surface area contributed by atoms with Gasteiger partial charge in [-0.1, -0.05) is 0 Å². The molecule has 1 aliphatic heterocycles. The number of nitrogens with one attached hydrogen (secondary N) is 2. The molecule has 10 nitrogen and oxygen atoms in total. The molecule has 41 heavy (non-hydrogen) atoms. The molecule has 3 aromatic heterocycles. The second-order valence-electron chi connectivity index (χ2n) is 10.2. The average Bonchev–Trinajstić information content (AvgIpc) is 3.29. The lowest BCUT2D eigenvalue weighted by Gasteiger charge is -2.32. The molecule has 0 saturated carbocycles. The van der Waals surface area contributed by atoms with Crippen LogP contribution in [0.15, 0.2) is 42.7 Å². The van der Waals surface area contributed by atoms with E-state index in [0.717, 1.165) is 12.1 Å². The van der Waals surface area contributed by atoms with Crippen molar-refractivity contribution in [2.75, 3.05) is 5.32 Å². The van der Waals surface area contributed by atoms with Crippen LogP contribution in [0.5, 0.6) is 5.75 Å². The zero-order valence-electron chi connectivity index (χ0n) is 23.1. The van der Waals surface area contributed by atoms with Crippen LogP contribution in [0.25, 0.3) is 16.9 Å². The van der Waals surface area contributed by atoms with E-state index in [9.17, 15) is 18.4 Å². The molecule has 1 fully saturated rings. The van der Waals surface area contributed by atoms with Gasteiger partial charge in [-0.05, 0) is 45.0 Å². The number of pyridine rings is 1. The monoisotopic (exact) mass is 564 g/mol. The molecule has 2 N–H and O–H groups in total. The zero-order valence-corrected chi connectivity index (χ0v) is 23.1. The highest BCUT2D eigenvalue weighted by Gasteiger charge is 2.28. The number of hydrogen-bond acceptors (Lipinski definition) is 7. The number of aryl methyl sites for hydroxylation is 1. The lowest BCUT2D eigenvalue weighted by atomic mass is 10.0. The number of ether oxygens (including phenoxy) is 2. The predicted molar refractivity (Wildman–Crippen MR) is 146 cm³/mol. The van der Waals surface area contributed by atoms with Gasteiger partial charge in [-0.3, -0.25) is 14.6 Å². The minimum absolute atomic E-state index is 0.0543. The van der Waals surface area contributed by atoms with Crippen LogP contribution >= 0.6 is 0 Å². The number of carbonyl (C=O) groups is 2. The Morgan fingerprint density at radius 2 is 1.90 bits per heavy atom. The first kappa shape index (κ1) is 28.1. The topological polar surface area (TPSA) is 120 Å². The van der Waals surface area contributed by atoms with Crippen molar-refractivity contribution in [1.29, 1.82) is 0 Å². The van der Waals surface area contributed by atoms with E-state index >= 15 is 0 Å². The molecule has 12 heteroatoms. The van der Waals surface area contributed by atoms with Crippen molar-refractivity contribution in [1.82, 2.24) is 24.9 Å². The molecule has 4 heterocycles. The molecule has 2 unspecified atom stereocenters. The van der Waals surface area contributed by atoms with Crippen LogP contribution in [0.1, 0.15) is 55.2 Å². The van der Waals surface area contributed by atoms with Gasteiger partial charge in [-0.2, -0.15) is 5.10 Å². The molecule has 1 aliphatic rings. The number of imidazole rings is 1. The molecule has 4 aromatic rings. The summed E-state index contributed by atoms with van der Waals surface area (Å²) >= 11 is 0. The zero-order chi connectivity index (χ0) is 29.3. The van der Waals surface area contributed by atoms with Crippen LogP contribution < -0.4 is 15.4 Å². The van der Waals surface area contributed by atoms with Crippen LogP contribution in [-0.2, 0) is 16.1 Å². The van der Waals surface area contributed by atoms with Crippen molar-refractivity contribution < 1.29 is 27.8 Å². The third-order valence-electron chi connectivity index (χ3n) is 6.71. The number of amides is 2. The van der Waals surface area contributed by atoms with Gasteiger partial charge in [0.05, 0.1) is 35.4 Å². The largest absolute Gasteiger partial charge is 0.487 e. The van der Waals surface area contributed by atoms with E-state index in [-0.39, 0.29) is 47.6 Å². The molecule has 2 amide bonds. The van der Waals surface area contributed by atoms with Crippen molar-refractivity contribution in [3.63, 3.8) is 0 Å². The maximum Gasteiger partial charge on any atom is 0.253 e. The molecule has 1 aromatic carbocycles.